The Morgan fingerprint density at radius 1 is 1.17 bits per heavy atom. The van der Waals surface area contributed by atoms with Crippen LogP contribution in [0.15, 0.2) is 24.7 Å². The van der Waals surface area contributed by atoms with E-state index in [2.05, 4.69) is 49.1 Å². The zero-order valence-electron chi connectivity index (χ0n) is 14.1. The summed E-state index contributed by atoms with van der Waals surface area (Å²) >= 11 is 0. The van der Waals surface area contributed by atoms with Crippen molar-refractivity contribution in [3.63, 3.8) is 0 Å². The van der Waals surface area contributed by atoms with E-state index >= 15 is 0 Å². The van der Waals surface area contributed by atoms with Crippen LogP contribution in [0.1, 0.15) is 31.0 Å². The summed E-state index contributed by atoms with van der Waals surface area (Å²) in [5.74, 6) is 1.46. The molecule has 0 spiro atoms. The van der Waals surface area contributed by atoms with E-state index in [0.717, 1.165) is 44.2 Å². The standard InChI is InChI=1S/C16H22N8/c1-12(2)16-13(9-17-20-16)10-22-5-7-23(8-6-22)15-4-3-14-19-18-11-24(14)21-15/h3-4,9,11-12H,5-8,10H2,1-2H3,(H,17,20). The van der Waals surface area contributed by atoms with Gasteiger partial charge in [0.15, 0.2) is 5.65 Å². The third-order valence-corrected chi connectivity index (χ3v) is 4.57. The molecule has 4 rings (SSSR count). The molecule has 1 saturated heterocycles. The topological polar surface area (TPSA) is 78.2 Å². The molecule has 8 heteroatoms. The lowest BCUT2D eigenvalue weighted by molar-refractivity contribution is 0.248. The van der Waals surface area contributed by atoms with Gasteiger partial charge in [-0.05, 0) is 18.1 Å². The van der Waals surface area contributed by atoms with Gasteiger partial charge in [-0.3, -0.25) is 10.00 Å². The number of nitrogens with zero attached hydrogens (tertiary/aromatic N) is 7. The smallest absolute Gasteiger partial charge is 0.177 e. The quantitative estimate of drug-likeness (QED) is 0.778. The molecule has 0 aromatic carbocycles. The Morgan fingerprint density at radius 2 is 2.00 bits per heavy atom. The number of anilines is 1. The van der Waals surface area contributed by atoms with Gasteiger partial charge in [0.2, 0.25) is 0 Å². The van der Waals surface area contributed by atoms with Crippen molar-refractivity contribution in [2.24, 2.45) is 0 Å². The number of hydrogen-bond acceptors (Lipinski definition) is 6. The number of nitrogens with one attached hydrogen (secondary N) is 1. The maximum atomic E-state index is 4.58. The molecule has 0 bridgehead atoms. The largest absolute Gasteiger partial charge is 0.353 e. The second-order valence-corrected chi connectivity index (χ2v) is 6.55. The fraction of sp³-hybridized carbons (Fsp3) is 0.500. The first-order valence-corrected chi connectivity index (χ1v) is 8.37. The predicted molar refractivity (Wildman–Crippen MR) is 90.9 cm³/mol. The third-order valence-electron chi connectivity index (χ3n) is 4.57. The Labute approximate surface area is 140 Å². The van der Waals surface area contributed by atoms with Crippen LogP contribution in [0.2, 0.25) is 0 Å². The molecule has 3 aromatic rings. The van der Waals surface area contributed by atoms with E-state index in [1.807, 2.05) is 18.3 Å². The number of fused-ring (bicyclic) bond motifs is 1. The highest BCUT2D eigenvalue weighted by molar-refractivity contribution is 5.45. The monoisotopic (exact) mass is 326 g/mol. The summed E-state index contributed by atoms with van der Waals surface area (Å²) in [4.78, 5) is 4.79. The second kappa shape index (κ2) is 6.20. The van der Waals surface area contributed by atoms with Crippen molar-refractivity contribution < 1.29 is 0 Å². The van der Waals surface area contributed by atoms with Crippen LogP contribution >= 0.6 is 0 Å². The summed E-state index contributed by atoms with van der Waals surface area (Å²) in [5, 5.41) is 19.8. The van der Waals surface area contributed by atoms with Gasteiger partial charge in [0.05, 0.1) is 6.20 Å². The van der Waals surface area contributed by atoms with Crippen LogP contribution in [-0.2, 0) is 6.54 Å². The average Bonchev–Trinajstić information content (AvgIpc) is 3.23. The van der Waals surface area contributed by atoms with Crippen molar-refractivity contribution >= 4 is 11.5 Å². The predicted octanol–water partition coefficient (Wildman–Crippen LogP) is 1.29. The maximum Gasteiger partial charge on any atom is 0.177 e. The number of aromatic amines is 1. The molecule has 8 nitrogen and oxygen atoms in total. The van der Waals surface area contributed by atoms with Crippen molar-refractivity contribution in [1.29, 1.82) is 0 Å². The molecule has 1 aliphatic heterocycles. The summed E-state index contributed by atoms with van der Waals surface area (Å²) in [6, 6.07) is 3.98. The van der Waals surface area contributed by atoms with Crippen molar-refractivity contribution in [2.45, 2.75) is 26.3 Å². The molecule has 0 amide bonds. The third kappa shape index (κ3) is 2.84. The normalized spacial score (nSPS) is 16.4. The van der Waals surface area contributed by atoms with Gasteiger partial charge in [-0.25, -0.2) is 0 Å². The van der Waals surface area contributed by atoms with Crippen molar-refractivity contribution in [2.75, 3.05) is 31.1 Å². The van der Waals surface area contributed by atoms with E-state index in [1.165, 1.54) is 11.3 Å². The lowest BCUT2D eigenvalue weighted by atomic mass is 10.1. The highest BCUT2D eigenvalue weighted by atomic mass is 15.4. The number of aromatic nitrogens is 6. The van der Waals surface area contributed by atoms with E-state index in [1.54, 1.807) is 10.8 Å². The zero-order chi connectivity index (χ0) is 16.5. The molecule has 126 valence electrons. The Kier molecular flexibility index (Phi) is 3.89. The summed E-state index contributed by atoms with van der Waals surface area (Å²) in [7, 11) is 0. The van der Waals surface area contributed by atoms with Crippen LogP contribution in [0.5, 0.6) is 0 Å². The minimum atomic E-state index is 0.475. The van der Waals surface area contributed by atoms with Gasteiger partial charge >= 0.3 is 0 Å². The number of rotatable bonds is 4. The molecule has 1 aliphatic rings. The Hall–Kier alpha value is -2.48. The first-order valence-electron chi connectivity index (χ1n) is 8.37. The Balaban J connectivity index is 1.40. The maximum absolute atomic E-state index is 4.58. The van der Waals surface area contributed by atoms with E-state index in [4.69, 9.17) is 0 Å². The number of piperazine rings is 1. The lowest BCUT2D eigenvalue weighted by Gasteiger charge is -2.35. The van der Waals surface area contributed by atoms with Gasteiger partial charge in [0, 0.05) is 44.0 Å². The molecule has 0 aliphatic carbocycles. The van der Waals surface area contributed by atoms with Crippen LogP contribution in [0.3, 0.4) is 0 Å². The summed E-state index contributed by atoms with van der Waals surface area (Å²) in [5.41, 5.74) is 3.33. The van der Waals surface area contributed by atoms with Crippen LogP contribution in [0.4, 0.5) is 5.82 Å². The van der Waals surface area contributed by atoms with Gasteiger partial charge in [-0.15, -0.1) is 15.3 Å². The van der Waals surface area contributed by atoms with E-state index in [0.29, 0.717) is 5.92 Å². The molecule has 3 aromatic heterocycles. The van der Waals surface area contributed by atoms with Gasteiger partial charge in [0.25, 0.3) is 0 Å². The number of hydrogen-bond donors (Lipinski definition) is 1. The van der Waals surface area contributed by atoms with Gasteiger partial charge in [0.1, 0.15) is 12.1 Å². The van der Waals surface area contributed by atoms with Crippen LogP contribution in [0.25, 0.3) is 5.65 Å². The minimum Gasteiger partial charge on any atom is -0.353 e. The van der Waals surface area contributed by atoms with E-state index < -0.39 is 0 Å². The molecule has 0 radical (unpaired) electrons. The molecular formula is C16H22N8. The van der Waals surface area contributed by atoms with Gasteiger partial charge in [-0.1, -0.05) is 13.8 Å². The van der Waals surface area contributed by atoms with Gasteiger partial charge < -0.3 is 4.90 Å². The number of H-pyrrole nitrogens is 1. The van der Waals surface area contributed by atoms with Gasteiger partial charge in [-0.2, -0.15) is 9.61 Å². The molecular weight excluding hydrogens is 304 g/mol. The highest BCUT2D eigenvalue weighted by Crippen LogP contribution is 2.20. The van der Waals surface area contributed by atoms with Crippen LogP contribution in [0, 0.1) is 0 Å². The molecule has 24 heavy (non-hydrogen) atoms. The van der Waals surface area contributed by atoms with E-state index in [-0.39, 0.29) is 0 Å². The average molecular weight is 326 g/mol. The molecule has 0 saturated carbocycles. The minimum absolute atomic E-state index is 0.475. The van der Waals surface area contributed by atoms with Crippen molar-refractivity contribution in [1.82, 2.24) is 34.9 Å². The molecule has 1 N–H and O–H groups in total. The Morgan fingerprint density at radius 3 is 2.79 bits per heavy atom. The summed E-state index contributed by atoms with van der Waals surface area (Å²) < 4.78 is 1.72. The molecule has 1 fully saturated rings. The second-order valence-electron chi connectivity index (χ2n) is 6.55. The first-order chi connectivity index (χ1) is 11.7. The zero-order valence-corrected chi connectivity index (χ0v) is 14.1. The van der Waals surface area contributed by atoms with Crippen LogP contribution < -0.4 is 4.90 Å². The van der Waals surface area contributed by atoms with Crippen LogP contribution in [-0.4, -0.2) is 61.1 Å². The SMILES string of the molecule is CC(C)c1[nH]ncc1CN1CCN(c2ccc3nncn3n2)CC1. The summed E-state index contributed by atoms with van der Waals surface area (Å²) in [6.45, 7) is 9.32. The fourth-order valence-electron chi connectivity index (χ4n) is 3.21. The first kappa shape index (κ1) is 15.1. The van der Waals surface area contributed by atoms with E-state index in [9.17, 15) is 0 Å². The summed E-state index contributed by atoms with van der Waals surface area (Å²) in [6.07, 6.45) is 3.60. The fourth-order valence-corrected chi connectivity index (χ4v) is 3.21. The van der Waals surface area contributed by atoms with Crippen molar-refractivity contribution in [3.8, 4) is 0 Å². The lowest BCUT2D eigenvalue weighted by Crippen LogP contribution is -2.46. The van der Waals surface area contributed by atoms with Crippen molar-refractivity contribution in [3.05, 3.63) is 35.9 Å². The molecule has 0 unspecified atom stereocenters. The molecule has 4 heterocycles. The molecule has 0 atom stereocenters. The Bertz CT molecular complexity index is 812. The highest BCUT2D eigenvalue weighted by Gasteiger charge is 2.20.